The van der Waals surface area contributed by atoms with Crippen LogP contribution in [0.4, 0.5) is 5.82 Å². The largest absolute Gasteiger partial charge is 0.355 e. The molecule has 0 atom stereocenters. The molecule has 0 saturated carbocycles. The molecule has 1 amide bonds. The lowest BCUT2D eigenvalue weighted by atomic mass is 9.82. The van der Waals surface area contributed by atoms with Gasteiger partial charge in [0, 0.05) is 18.7 Å². The Morgan fingerprint density at radius 2 is 1.97 bits per heavy atom. The molecule has 2 aromatic heterocycles. The predicted molar refractivity (Wildman–Crippen MR) is 112 cm³/mol. The zero-order valence-corrected chi connectivity index (χ0v) is 17.5. The molecule has 4 rings (SSSR count). The summed E-state index contributed by atoms with van der Waals surface area (Å²) in [5, 5.41) is 17.1. The third-order valence-corrected chi connectivity index (χ3v) is 6.14. The normalized spacial score (nSPS) is 16.2. The van der Waals surface area contributed by atoms with Crippen LogP contribution in [0.15, 0.2) is 18.2 Å². The molecule has 152 valence electrons. The van der Waals surface area contributed by atoms with Crippen LogP contribution >= 0.6 is 23.2 Å². The molecule has 8 nitrogen and oxygen atoms in total. The van der Waals surface area contributed by atoms with Crippen molar-refractivity contribution in [2.75, 3.05) is 18.0 Å². The fourth-order valence-corrected chi connectivity index (χ4v) is 3.85. The van der Waals surface area contributed by atoms with Gasteiger partial charge in [0.1, 0.15) is 5.52 Å². The maximum Gasteiger partial charge on any atom is 0.297 e. The zero-order valence-electron chi connectivity index (χ0n) is 16.0. The van der Waals surface area contributed by atoms with Crippen molar-refractivity contribution >= 4 is 46.1 Å². The lowest BCUT2D eigenvalue weighted by Crippen LogP contribution is -2.39. The van der Waals surface area contributed by atoms with E-state index in [9.17, 15) is 10.0 Å². The van der Waals surface area contributed by atoms with Gasteiger partial charge in [-0.2, -0.15) is 5.10 Å². The Hall–Kier alpha value is -2.42. The number of amides is 1. The van der Waals surface area contributed by atoms with Crippen molar-refractivity contribution in [1.82, 2.24) is 25.6 Å². The van der Waals surface area contributed by atoms with Gasteiger partial charge >= 0.3 is 0 Å². The third kappa shape index (κ3) is 3.63. The van der Waals surface area contributed by atoms with E-state index >= 15 is 0 Å². The number of nitrogens with zero attached hydrogens (tertiary/aromatic N) is 4. The Balaban J connectivity index is 1.85. The van der Waals surface area contributed by atoms with Gasteiger partial charge in [0.15, 0.2) is 11.5 Å². The fraction of sp³-hybridized carbons (Fsp3) is 0.368. The standard InChI is InChI=1S/C19H20Cl2N6O2/c1-19(2)6-8-27(9-7-19)17-15(18(28)26-29)22-14-13(24-25-16(14)23-17)10-4-3-5-11(20)12(10)21/h3-5,29H,6-9H2,1-2H3,(H,26,28)(H,23,24,25). The van der Waals surface area contributed by atoms with Crippen LogP contribution in [-0.4, -0.2) is 44.4 Å². The summed E-state index contributed by atoms with van der Waals surface area (Å²) >= 11 is 12.5. The fourth-order valence-electron chi connectivity index (χ4n) is 3.46. The highest BCUT2D eigenvalue weighted by Crippen LogP contribution is 2.37. The van der Waals surface area contributed by atoms with Crippen LogP contribution < -0.4 is 10.4 Å². The summed E-state index contributed by atoms with van der Waals surface area (Å²) in [4.78, 5) is 23.5. The molecule has 0 radical (unpaired) electrons. The van der Waals surface area contributed by atoms with E-state index in [2.05, 4.69) is 34.0 Å². The summed E-state index contributed by atoms with van der Waals surface area (Å²) in [5.74, 6) is -0.335. The molecule has 29 heavy (non-hydrogen) atoms. The molecule has 1 aliphatic heterocycles. The second kappa shape index (κ2) is 7.44. The molecule has 0 aliphatic carbocycles. The maximum atomic E-state index is 12.4. The highest BCUT2D eigenvalue weighted by molar-refractivity contribution is 6.43. The Labute approximate surface area is 177 Å². The lowest BCUT2D eigenvalue weighted by molar-refractivity contribution is 0.0701. The summed E-state index contributed by atoms with van der Waals surface area (Å²) in [5.41, 5.74) is 3.74. The first-order valence-electron chi connectivity index (χ1n) is 9.20. The molecule has 3 heterocycles. The molecule has 0 unspecified atom stereocenters. The Morgan fingerprint density at radius 3 is 2.66 bits per heavy atom. The van der Waals surface area contributed by atoms with E-state index < -0.39 is 5.91 Å². The number of hydroxylamine groups is 1. The first kappa shape index (κ1) is 19.9. The first-order chi connectivity index (χ1) is 13.8. The van der Waals surface area contributed by atoms with Crippen LogP contribution in [0.2, 0.25) is 10.0 Å². The van der Waals surface area contributed by atoms with E-state index in [1.54, 1.807) is 23.7 Å². The summed E-state index contributed by atoms with van der Waals surface area (Å²) in [6.07, 6.45) is 1.91. The maximum absolute atomic E-state index is 12.4. The average Bonchev–Trinajstić information content (AvgIpc) is 3.11. The molecule has 1 aromatic carbocycles. The number of fused-ring (bicyclic) bond motifs is 1. The summed E-state index contributed by atoms with van der Waals surface area (Å²) in [6.45, 7) is 5.90. The van der Waals surface area contributed by atoms with Gasteiger partial charge in [0.05, 0.1) is 15.7 Å². The van der Waals surface area contributed by atoms with Gasteiger partial charge in [0.25, 0.3) is 5.91 Å². The van der Waals surface area contributed by atoms with Crippen LogP contribution in [0.25, 0.3) is 22.4 Å². The number of hydrogen-bond donors (Lipinski definition) is 3. The second-order valence-electron chi connectivity index (χ2n) is 7.86. The number of aromatic amines is 1. The average molecular weight is 435 g/mol. The van der Waals surface area contributed by atoms with Crippen molar-refractivity contribution in [2.24, 2.45) is 5.41 Å². The summed E-state index contributed by atoms with van der Waals surface area (Å²) in [6, 6.07) is 5.21. The highest BCUT2D eigenvalue weighted by atomic mass is 35.5. The van der Waals surface area contributed by atoms with Gasteiger partial charge in [-0.1, -0.05) is 49.2 Å². The van der Waals surface area contributed by atoms with E-state index in [-0.39, 0.29) is 11.1 Å². The number of rotatable bonds is 3. The molecule has 1 fully saturated rings. The number of H-pyrrole nitrogens is 1. The van der Waals surface area contributed by atoms with Crippen molar-refractivity contribution in [3.63, 3.8) is 0 Å². The molecule has 0 spiro atoms. The van der Waals surface area contributed by atoms with Crippen molar-refractivity contribution in [2.45, 2.75) is 26.7 Å². The van der Waals surface area contributed by atoms with Crippen molar-refractivity contribution in [1.29, 1.82) is 0 Å². The Bertz CT molecular complexity index is 1090. The minimum atomic E-state index is -0.733. The molecule has 10 heteroatoms. The molecular weight excluding hydrogens is 415 g/mol. The number of carbonyl (C=O) groups is 1. The number of anilines is 1. The van der Waals surface area contributed by atoms with E-state index in [1.807, 2.05) is 4.90 Å². The topological polar surface area (TPSA) is 107 Å². The molecule has 1 saturated heterocycles. The van der Waals surface area contributed by atoms with Crippen molar-refractivity contribution in [3.8, 4) is 11.3 Å². The summed E-state index contributed by atoms with van der Waals surface area (Å²) in [7, 11) is 0. The molecular formula is C19H20Cl2N6O2. The molecule has 0 bridgehead atoms. The third-order valence-electron chi connectivity index (χ3n) is 5.32. The number of benzene rings is 1. The number of piperidine rings is 1. The van der Waals surface area contributed by atoms with Gasteiger partial charge in [-0.25, -0.2) is 15.4 Å². The smallest absolute Gasteiger partial charge is 0.297 e. The van der Waals surface area contributed by atoms with Gasteiger partial charge in [-0.3, -0.25) is 15.1 Å². The lowest BCUT2D eigenvalue weighted by Gasteiger charge is -2.37. The van der Waals surface area contributed by atoms with E-state index in [1.165, 1.54) is 0 Å². The monoisotopic (exact) mass is 434 g/mol. The number of hydrogen-bond acceptors (Lipinski definition) is 6. The van der Waals surface area contributed by atoms with Crippen LogP contribution in [0.1, 0.15) is 37.2 Å². The van der Waals surface area contributed by atoms with E-state index in [0.717, 1.165) is 25.9 Å². The molecule has 3 aromatic rings. The SMILES string of the molecule is CC1(C)CCN(c2nc3n[nH]c(-c4cccc(Cl)c4Cl)c3nc2C(=O)NO)CC1. The molecule has 1 aliphatic rings. The Kier molecular flexibility index (Phi) is 5.10. The van der Waals surface area contributed by atoms with Crippen molar-refractivity contribution < 1.29 is 10.0 Å². The zero-order chi connectivity index (χ0) is 20.8. The number of nitrogens with one attached hydrogen (secondary N) is 2. The van der Waals surface area contributed by atoms with Gasteiger partial charge in [-0.15, -0.1) is 0 Å². The minimum absolute atomic E-state index is 0.0282. The Morgan fingerprint density at radius 1 is 1.24 bits per heavy atom. The number of carbonyl (C=O) groups excluding carboxylic acids is 1. The minimum Gasteiger partial charge on any atom is -0.355 e. The van der Waals surface area contributed by atoms with Crippen molar-refractivity contribution in [3.05, 3.63) is 33.9 Å². The van der Waals surface area contributed by atoms with Crippen LogP contribution in [0, 0.1) is 5.41 Å². The van der Waals surface area contributed by atoms with Gasteiger partial charge < -0.3 is 4.90 Å². The number of aromatic nitrogens is 4. The highest BCUT2D eigenvalue weighted by Gasteiger charge is 2.30. The second-order valence-corrected chi connectivity index (χ2v) is 8.65. The first-order valence-corrected chi connectivity index (χ1v) is 9.96. The van der Waals surface area contributed by atoms with Gasteiger partial charge in [-0.05, 0) is 24.3 Å². The van der Waals surface area contributed by atoms with E-state index in [0.29, 0.717) is 38.3 Å². The van der Waals surface area contributed by atoms with Crippen LogP contribution in [0.3, 0.4) is 0 Å². The van der Waals surface area contributed by atoms with Crippen LogP contribution in [0.5, 0.6) is 0 Å². The predicted octanol–water partition coefficient (Wildman–Crippen LogP) is 4.07. The molecule has 3 N–H and O–H groups in total. The quantitative estimate of drug-likeness (QED) is 0.423. The summed E-state index contributed by atoms with van der Waals surface area (Å²) < 4.78 is 0. The van der Waals surface area contributed by atoms with E-state index in [4.69, 9.17) is 23.2 Å². The number of halogens is 2. The van der Waals surface area contributed by atoms with Gasteiger partial charge in [0.2, 0.25) is 5.65 Å². The van der Waals surface area contributed by atoms with Crippen LogP contribution in [-0.2, 0) is 0 Å².